The van der Waals surface area contributed by atoms with Gasteiger partial charge in [0.25, 0.3) is 5.69 Å². The molecule has 0 aliphatic carbocycles. The van der Waals surface area contributed by atoms with Crippen molar-refractivity contribution in [3.63, 3.8) is 0 Å². The zero-order chi connectivity index (χ0) is 15.6. The van der Waals surface area contributed by atoms with E-state index in [1.165, 1.54) is 70.3 Å². The number of rotatable bonds is 9. The predicted molar refractivity (Wildman–Crippen MR) is 87.4 cm³/mol. The van der Waals surface area contributed by atoms with Gasteiger partial charge in [0.05, 0.1) is 11.5 Å². The van der Waals surface area contributed by atoms with Crippen molar-refractivity contribution in [3.05, 3.63) is 34.4 Å². The van der Waals surface area contributed by atoms with Crippen molar-refractivity contribution in [1.29, 1.82) is 0 Å². The standard InChI is InChI=1S/C17H26N2O3/c20-19(21)16-8-10-17(11-9-16)22-15-7-2-1-4-12-18-13-5-3-6-14-18/h8-11H,1-7,12-15H2. The van der Waals surface area contributed by atoms with Gasteiger partial charge in [0.2, 0.25) is 0 Å². The van der Waals surface area contributed by atoms with Gasteiger partial charge in [-0.25, -0.2) is 0 Å². The molecular formula is C17H26N2O3. The topological polar surface area (TPSA) is 55.6 Å². The molecule has 2 rings (SSSR count). The fraction of sp³-hybridized carbons (Fsp3) is 0.647. The molecule has 0 N–H and O–H groups in total. The highest BCUT2D eigenvalue weighted by molar-refractivity contribution is 5.35. The van der Waals surface area contributed by atoms with Gasteiger partial charge in [0.15, 0.2) is 0 Å². The Labute approximate surface area is 132 Å². The van der Waals surface area contributed by atoms with E-state index in [2.05, 4.69) is 4.90 Å². The first kappa shape index (κ1) is 16.7. The Bertz CT molecular complexity index is 442. The van der Waals surface area contributed by atoms with Crippen LogP contribution in [-0.4, -0.2) is 36.1 Å². The number of hydrogen-bond donors (Lipinski definition) is 0. The number of ether oxygens (including phenoxy) is 1. The Kier molecular flexibility index (Phi) is 7.16. The number of nitro benzene ring substituents is 1. The van der Waals surface area contributed by atoms with Gasteiger partial charge in [-0.05, 0) is 57.5 Å². The summed E-state index contributed by atoms with van der Waals surface area (Å²) in [5.41, 5.74) is 0.102. The Balaban J connectivity index is 1.49. The lowest BCUT2D eigenvalue weighted by Gasteiger charge is -2.26. The van der Waals surface area contributed by atoms with Gasteiger partial charge in [-0.3, -0.25) is 10.1 Å². The van der Waals surface area contributed by atoms with E-state index in [-0.39, 0.29) is 5.69 Å². The van der Waals surface area contributed by atoms with Crippen LogP contribution >= 0.6 is 0 Å². The zero-order valence-electron chi connectivity index (χ0n) is 13.2. The van der Waals surface area contributed by atoms with Gasteiger partial charge in [-0.1, -0.05) is 19.3 Å². The van der Waals surface area contributed by atoms with Gasteiger partial charge < -0.3 is 9.64 Å². The molecule has 1 fully saturated rings. The van der Waals surface area contributed by atoms with E-state index in [4.69, 9.17) is 4.74 Å². The molecule has 1 aromatic rings. The number of non-ortho nitro benzene ring substituents is 1. The van der Waals surface area contributed by atoms with E-state index in [0.717, 1.165) is 6.42 Å². The van der Waals surface area contributed by atoms with Crippen molar-refractivity contribution in [3.8, 4) is 5.75 Å². The molecule has 0 saturated carbocycles. The quantitative estimate of drug-likeness (QED) is 0.393. The summed E-state index contributed by atoms with van der Waals surface area (Å²) in [5, 5.41) is 10.5. The number of benzene rings is 1. The van der Waals surface area contributed by atoms with Crippen molar-refractivity contribution in [2.24, 2.45) is 0 Å². The third-order valence-electron chi connectivity index (χ3n) is 4.13. The highest BCUT2D eigenvalue weighted by Crippen LogP contribution is 2.17. The molecule has 0 bridgehead atoms. The molecule has 1 saturated heterocycles. The van der Waals surface area contributed by atoms with Crippen LogP contribution in [0.4, 0.5) is 5.69 Å². The van der Waals surface area contributed by atoms with Crippen LogP contribution in [0, 0.1) is 10.1 Å². The summed E-state index contributed by atoms with van der Waals surface area (Å²) in [4.78, 5) is 12.7. The Morgan fingerprint density at radius 3 is 2.36 bits per heavy atom. The van der Waals surface area contributed by atoms with Crippen molar-refractivity contribution in [2.45, 2.75) is 44.9 Å². The van der Waals surface area contributed by atoms with Gasteiger partial charge in [0.1, 0.15) is 5.75 Å². The van der Waals surface area contributed by atoms with Crippen LogP contribution in [-0.2, 0) is 0 Å². The van der Waals surface area contributed by atoms with E-state index < -0.39 is 4.92 Å². The molecule has 0 radical (unpaired) electrons. The second-order valence-electron chi connectivity index (χ2n) is 5.92. The molecule has 1 heterocycles. The number of piperidine rings is 1. The van der Waals surface area contributed by atoms with Crippen LogP contribution in [0.3, 0.4) is 0 Å². The SMILES string of the molecule is O=[N+]([O-])c1ccc(OCCCCCCN2CCCCC2)cc1. The van der Waals surface area contributed by atoms with Crippen molar-refractivity contribution >= 4 is 5.69 Å². The molecule has 1 aliphatic heterocycles. The highest BCUT2D eigenvalue weighted by atomic mass is 16.6. The van der Waals surface area contributed by atoms with E-state index in [9.17, 15) is 10.1 Å². The Morgan fingerprint density at radius 2 is 1.68 bits per heavy atom. The summed E-state index contributed by atoms with van der Waals surface area (Å²) < 4.78 is 5.60. The van der Waals surface area contributed by atoms with E-state index in [0.29, 0.717) is 12.4 Å². The largest absolute Gasteiger partial charge is 0.494 e. The van der Waals surface area contributed by atoms with E-state index in [1.807, 2.05) is 0 Å². The maximum atomic E-state index is 10.5. The molecule has 0 atom stereocenters. The molecule has 0 unspecified atom stereocenters. The van der Waals surface area contributed by atoms with Crippen LogP contribution in [0.1, 0.15) is 44.9 Å². The summed E-state index contributed by atoms with van der Waals surface area (Å²) in [6.07, 6.45) is 8.87. The number of nitrogens with zero attached hydrogens (tertiary/aromatic N) is 2. The van der Waals surface area contributed by atoms with Crippen molar-refractivity contribution < 1.29 is 9.66 Å². The maximum Gasteiger partial charge on any atom is 0.269 e. The van der Waals surface area contributed by atoms with Crippen molar-refractivity contribution in [2.75, 3.05) is 26.2 Å². The lowest BCUT2D eigenvalue weighted by atomic mass is 10.1. The molecule has 1 aromatic carbocycles. The molecule has 5 nitrogen and oxygen atoms in total. The lowest BCUT2D eigenvalue weighted by molar-refractivity contribution is -0.384. The first-order valence-corrected chi connectivity index (χ1v) is 8.35. The third-order valence-corrected chi connectivity index (χ3v) is 4.13. The minimum Gasteiger partial charge on any atom is -0.494 e. The third kappa shape index (κ3) is 6.02. The van der Waals surface area contributed by atoms with Crippen LogP contribution in [0.5, 0.6) is 5.75 Å². The van der Waals surface area contributed by atoms with E-state index >= 15 is 0 Å². The fourth-order valence-corrected chi connectivity index (χ4v) is 2.83. The molecule has 0 aromatic heterocycles. The summed E-state index contributed by atoms with van der Waals surface area (Å²) in [6.45, 7) is 4.48. The highest BCUT2D eigenvalue weighted by Gasteiger charge is 2.08. The van der Waals surface area contributed by atoms with Gasteiger partial charge >= 0.3 is 0 Å². The van der Waals surface area contributed by atoms with Crippen molar-refractivity contribution in [1.82, 2.24) is 4.90 Å². The second-order valence-corrected chi connectivity index (χ2v) is 5.92. The van der Waals surface area contributed by atoms with Crippen LogP contribution in [0.25, 0.3) is 0 Å². The van der Waals surface area contributed by atoms with Gasteiger partial charge in [0, 0.05) is 12.1 Å². The molecule has 0 amide bonds. The van der Waals surface area contributed by atoms with Crippen LogP contribution in [0.15, 0.2) is 24.3 Å². The minimum atomic E-state index is -0.397. The monoisotopic (exact) mass is 306 g/mol. The fourth-order valence-electron chi connectivity index (χ4n) is 2.83. The molecule has 0 spiro atoms. The summed E-state index contributed by atoms with van der Waals surface area (Å²) in [5.74, 6) is 0.707. The number of hydrogen-bond acceptors (Lipinski definition) is 4. The Morgan fingerprint density at radius 1 is 1.00 bits per heavy atom. The maximum absolute atomic E-state index is 10.5. The predicted octanol–water partition coefficient (Wildman–Crippen LogP) is 4.02. The number of nitro groups is 1. The normalized spacial score (nSPS) is 15.6. The lowest BCUT2D eigenvalue weighted by Crippen LogP contribution is -2.30. The average Bonchev–Trinajstić information content (AvgIpc) is 2.55. The molecule has 122 valence electrons. The zero-order valence-corrected chi connectivity index (χ0v) is 13.2. The Hall–Kier alpha value is -1.62. The van der Waals surface area contributed by atoms with Crippen LogP contribution < -0.4 is 4.74 Å². The average molecular weight is 306 g/mol. The van der Waals surface area contributed by atoms with E-state index in [1.54, 1.807) is 12.1 Å². The first-order chi connectivity index (χ1) is 10.8. The number of likely N-dealkylation sites (tertiary alicyclic amines) is 1. The molecule has 5 heteroatoms. The number of unbranched alkanes of at least 4 members (excludes halogenated alkanes) is 3. The molecule has 1 aliphatic rings. The smallest absolute Gasteiger partial charge is 0.269 e. The molecule has 22 heavy (non-hydrogen) atoms. The summed E-state index contributed by atoms with van der Waals surface area (Å²) >= 11 is 0. The minimum absolute atomic E-state index is 0.102. The van der Waals surface area contributed by atoms with Gasteiger partial charge in [-0.2, -0.15) is 0 Å². The second kappa shape index (κ2) is 9.41. The summed E-state index contributed by atoms with van der Waals surface area (Å²) in [6, 6.07) is 6.28. The van der Waals surface area contributed by atoms with Gasteiger partial charge in [-0.15, -0.1) is 0 Å². The van der Waals surface area contributed by atoms with Crippen LogP contribution in [0.2, 0.25) is 0 Å². The first-order valence-electron chi connectivity index (χ1n) is 8.35. The molecular weight excluding hydrogens is 280 g/mol. The summed E-state index contributed by atoms with van der Waals surface area (Å²) in [7, 11) is 0.